The first-order valence-corrected chi connectivity index (χ1v) is 7.05. The molecule has 0 aliphatic heterocycles. The number of nitrogens with zero attached hydrogens (tertiary/aromatic N) is 2. The average molecular weight is 291 g/mol. The molecule has 20 heavy (non-hydrogen) atoms. The second-order valence-electron chi connectivity index (χ2n) is 4.83. The van der Waals surface area contributed by atoms with Gasteiger partial charge in [-0.3, -0.25) is 0 Å². The number of nitrogens with two attached hydrogens (primary N) is 1. The summed E-state index contributed by atoms with van der Waals surface area (Å²) in [5.41, 5.74) is 8.84. The van der Waals surface area contributed by atoms with E-state index in [1.54, 1.807) is 0 Å². The molecule has 0 spiro atoms. The lowest BCUT2D eigenvalue weighted by Crippen LogP contribution is -2.07. The van der Waals surface area contributed by atoms with Crippen LogP contribution in [0.25, 0.3) is 0 Å². The lowest BCUT2D eigenvalue weighted by Gasteiger charge is -2.13. The number of rotatable bonds is 4. The van der Waals surface area contributed by atoms with Gasteiger partial charge >= 0.3 is 0 Å². The van der Waals surface area contributed by atoms with E-state index in [-0.39, 0.29) is 0 Å². The molecule has 2 rings (SSSR count). The first-order valence-electron chi connectivity index (χ1n) is 6.67. The van der Waals surface area contributed by atoms with E-state index in [9.17, 15) is 0 Å². The summed E-state index contributed by atoms with van der Waals surface area (Å²) in [6.45, 7) is 6.02. The Bertz CT molecular complexity index is 626. The molecule has 0 aliphatic rings. The number of anilines is 3. The Balaban J connectivity index is 2.39. The molecule has 1 aromatic heterocycles. The smallest absolute Gasteiger partial charge is 0.139 e. The minimum Gasteiger partial charge on any atom is -0.383 e. The summed E-state index contributed by atoms with van der Waals surface area (Å²) >= 11 is 6.04. The van der Waals surface area contributed by atoms with Crippen molar-refractivity contribution in [3.63, 3.8) is 0 Å². The quantitative estimate of drug-likeness (QED) is 0.892. The Morgan fingerprint density at radius 2 is 2.00 bits per heavy atom. The van der Waals surface area contributed by atoms with Crippen molar-refractivity contribution in [2.75, 3.05) is 11.1 Å². The van der Waals surface area contributed by atoms with Crippen molar-refractivity contribution in [2.45, 2.75) is 33.6 Å². The van der Waals surface area contributed by atoms with Crippen LogP contribution in [0, 0.1) is 13.8 Å². The van der Waals surface area contributed by atoms with Gasteiger partial charge in [0.2, 0.25) is 0 Å². The molecule has 0 radical (unpaired) electrons. The molecule has 5 heteroatoms. The Hall–Kier alpha value is -1.81. The maximum Gasteiger partial charge on any atom is 0.139 e. The van der Waals surface area contributed by atoms with Crippen molar-refractivity contribution in [3.8, 4) is 0 Å². The van der Waals surface area contributed by atoms with Gasteiger partial charge in [0.1, 0.15) is 17.5 Å². The Morgan fingerprint density at radius 1 is 1.25 bits per heavy atom. The standard InChI is InChI=1S/C15H19ClN4/c1-4-5-13-19-14(17)10(3)15(20-13)18-12-8-11(16)7-6-9(12)2/h6-8H,4-5H2,1-3H3,(H3,17,18,19,20). The van der Waals surface area contributed by atoms with Crippen molar-refractivity contribution in [1.29, 1.82) is 0 Å². The highest BCUT2D eigenvalue weighted by molar-refractivity contribution is 6.30. The predicted octanol–water partition coefficient (Wildman–Crippen LogP) is 4.03. The summed E-state index contributed by atoms with van der Waals surface area (Å²) in [5.74, 6) is 2.02. The van der Waals surface area contributed by atoms with E-state index in [4.69, 9.17) is 17.3 Å². The summed E-state index contributed by atoms with van der Waals surface area (Å²) in [7, 11) is 0. The van der Waals surface area contributed by atoms with Crippen LogP contribution in [0.2, 0.25) is 5.02 Å². The zero-order chi connectivity index (χ0) is 14.7. The van der Waals surface area contributed by atoms with Gasteiger partial charge in [0.25, 0.3) is 0 Å². The fraction of sp³-hybridized carbons (Fsp3) is 0.333. The van der Waals surface area contributed by atoms with E-state index >= 15 is 0 Å². The van der Waals surface area contributed by atoms with E-state index in [1.165, 1.54) is 0 Å². The monoisotopic (exact) mass is 290 g/mol. The summed E-state index contributed by atoms with van der Waals surface area (Å²) < 4.78 is 0. The van der Waals surface area contributed by atoms with Crippen molar-refractivity contribution < 1.29 is 0 Å². The molecule has 1 aromatic carbocycles. The van der Waals surface area contributed by atoms with Gasteiger partial charge in [0.05, 0.1) is 0 Å². The van der Waals surface area contributed by atoms with Crippen molar-refractivity contribution in [3.05, 3.63) is 40.2 Å². The third kappa shape index (κ3) is 3.20. The number of nitrogens with one attached hydrogen (secondary N) is 1. The Labute approximate surface area is 124 Å². The number of aryl methyl sites for hydroxylation is 2. The van der Waals surface area contributed by atoms with Gasteiger partial charge in [-0.05, 0) is 38.0 Å². The molecule has 3 N–H and O–H groups in total. The van der Waals surface area contributed by atoms with Crippen LogP contribution < -0.4 is 11.1 Å². The van der Waals surface area contributed by atoms with Gasteiger partial charge < -0.3 is 11.1 Å². The molecule has 106 valence electrons. The summed E-state index contributed by atoms with van der Waals surface area (Å²) in [4.78, 5) is 8.85. The van der Waals surface area contributed by atoms with Crippen LogP contribution in [0.4, 0.5) is 17.3 Å². The average Bonchev–Trinajstić information content (AvgIpc) is 2.40. The zero-order valence-corrected chi connectivity index (χ0v) is 12.8. The van der Waals surface area contributed by atoms with Crippen molar-refractivity contribution in [2.24, 2.45) is 0 Å². The minimum atomic E-state index is 0.519. The number of halogens is 1. The fourth-order valence-corrected chi connectivity index (χ4v) is 2.07. The first-order chi connectivity index (χ1) is 9.51. The summed E-state index contributed by atoms with van der Waals surface area (Å²) in [5, 5.41) is 3.99. The highest BCUT2D eigenvalue weighted by Gasteiger charge is 2.10. The van der Waals surface area contributed by atoms with Crippen LogP contribution in [0.1, 0.15) is 30.3 Å². The van der Waals surface area contributed by atoms with Crippen LogP contribution in [0.5, 0.6) is 0 Å². The Kier molecular flexibility index (Phi) is 4.45. The summed E-state index contributed by atoms with van der Waals surface area (Å²) in [6, 6.07) is 5.72. The molecular formula is C15H19ClN4. The van der Waals surface area contributed by atoms with Crippen LogP contribution in [-0.2, 0) is 6.42 Å². The van der Waals surface area contributed by atoms with Gasteiger partial charge in [-0.25, -0.2) is 9.97 Å². The van der Waals surface area contributed by atoms with Crippen molar-refractivity contribution in [1.82, 2.24) is 9.97 Å². The Morgan fingerprint density at radius 3 is 2.70 bits per heavy atom. The van der Waals surface area contributed by atoms with E-state index in [0.717, 1.165) is 41.3 Å². The van der Waals surface area contributed by atoms with Crippen LogP contribution in [0.15, 0.2) is 18.2 Å². The largest absolute Gasteiger partial charge is 0.383 e. The van der Waals surface area contributed by atoms with Gasteiger partial charge in [-0.15, -0.1) is 0 Å². The highest BCUT2D eigenvalue weighted by Crippen LogP contribution is 2.26. The molecule has 0 unspecified atom stereocenters. The topological polar surface area (TPSA) is 63.8 Å². The maximum absolute atomic E-state index is 6.04. The van der Waals surface area contributed by atoms with Gasteiger partial charge in [0.15, 0.2) is 0 Å². The van der Waals surface area contributed by atoms with E-state index < -0.39 is 0 Å². The van der Waals surface area contributed by atoms with Gasteiger partial charge in [-0.2, -0.15) is 0 Å². The maximum atomic E-state index is 6.04. The lowest BCUT2D eigenvalue weighted by molar-refractivity contribution is 0.836. The molecule has 0 saturated heterocycles. The number of aromatic nitrogens is 2. The molecule has 0 atom stereocenters. The number of hydrogen-bond acceptors (Lipinski definition) is 4. The fourth-order valence-electron chi connectivity index (χ4n) is 1.90. The molecule has 0 aliphatic carbocycles. The lowest BCUT2D eigenvalue weighted by atomic mass is 10.2. The molecule has 2 aromatic rings. The predicted molar refractivity (Wildman–Crippen MR) is 84.6 cm³/mol. The highest BCUT2D eigenvalue weighted by atomic mass is 35.5. The molecule has 0 fully saturated rings. The third-order valence-corrected chi connectivity index (χ3v) is 3.39. The van der Waals surface area contributed by atoms with Crippen LogP contribution >= 0.6 is 11.6 Å². The van der Waals surface area contributed by atoms with E-state index in [0.29, 0.717) is 10.8 Å². The number of hydrogen-bond donors (Lipinski definition) is 2. The molecule has 0 amide bonds. The minimum absolute atomic E-state index is 0.519. The van der Waals surface area contributed by atoms with Crippen LogP contribution in [-0.4, -0.2) is 9.97 Å². The zero-order valence-electron chi connectivity index (χ0n) is 12.0. The van der Waals surface area contributed by atoms with E-state index in [2.05, 4.69) is 22.2 Å². The number of benzene rings is 1. The van der Waals surface area contributed by atoms with Crippen LogP contribution in [0.3, 0.4) is 0 Å². The second-order valence-corrected chi connectivity index (χ2v) is 5.27. The first kappa shape index (κ1) is 14.6. The normalized spacial score (nSPS) is 10.6. The third-order valence-electron chi connectivity index (χ3n) is 3.16. The molecular weight excluding hydrogens is 272 g/mol. The van der Waals surface area contributed by atoms with E-state index in [1.807, 2.05) is 32.0 Å². The number of nitrogen functional groups attached to an aromatic ring is 1. The summed E-state index contributed by atoms with van der Waals surface area (Å²) in [6.07, 6.45) is 1.80. The molecule has 4 nitrogen and oxygen atoms in total. The SMILES string of the molecule is CCCc1nc(N)c(C)c(Nc2cc(Cl)ccc2C)n1. The van der Waals surface area contributed by atoms with Gasteiger partial charge in [-0.1, -0.05) is 24.6 Å². The van der Waals surface area contributed by atoms with Crippen molar-refractivity contribution >= 4 is 28.9 Å². The molecule has 1 heterocycles. The second kappa shape index (κ2) is 6.09. The van der Waals surface area contributed by atoms with Gasteiger partial charge in [0, 0.05) is 22.7 Å². The molecule has 0 bridgehead atoms. The molecule has 0 saturated carbocycles.